The van der Waals surface area contributed by atoms with E-state index in [1.165, 1.54) is 64.2 Å². The molecule has 3 aliphatic carbocycles. The van der Waals surface area contributed by atoms with Crippen molar-refractivity contribution in [1.29, 1.82) is 0 Å². The summed E-state index contributed by atoms with van der Waals surface area (Å²) >= 11 is 0. The minimum absolute atomic E-state index is 0.0550. The Labute approximate surface area is 253 Å². The van der Waals surface area contributed by atoms with Crippen molar-refractivity contribution in [2.75, 3.05) is 6.54 Å². The standard InChI is InChI=1S/C35H63BNO4/c1-9-11-12-13-14-15-16-18-26-24-37(33(39)40-34(4,5)6)31(32(38)25(3)10-2)28(26)19-17-22-36-41-30-21-20-27-23-29(30)35(27,7)8/h25-31H,9-24H2,1-8H3/t25?,26-,27+,28?,29?,30?,31?/m0/s1. The summed E-state index contributed by atoms with van der Waals surface area (Å²) in [7, 11) is 2.07. The number of rotatable bonds is 17. The first-order valence-electron chi connectivity index (χ1n) is 17.4. The molecule has 4 fully saturated rings. The Kier molecular flexibility index (Phi) is 13.1. The maximum absolute atomic E-state index is 13.8. The highest BCUT2D eigenvalue weighted by Crippen LogP contribution is 2.59. The largest absolute Gasteiger partial charge is 0.444 e. The second-order valence-corrected chi connectivity index (χ2v) is 15.3. The predicted octanol–water partition coefficient (Wildman–Crippen LogP) is 9.25. The minimum atomic E-state index is -0.576. The lowest BCUT2D eigenvalue weighted by atomic mass is 9.48. The van der Waals surface area contributed by atoms with Gasteiger partial charge in [0.15, 0.2) is 5.78 Å². The summed E-state index contributed by atoms with van der Waals surface area (Å²) in [6.45, 7) is 17.6. The van der Waals surface area contributed by atoms with Gasteiger partial charge < -0.3 is 9.39 Å². The van der Waals surface area contributed by atoms with Crippen LogP contribution in [0.15, 0.2) is 0 Å². The van der Waals surface area contributed by atoms with Crippen LogP contribution in [0.2, 0.25) is 6.32 Å². The molecule has 0 N–H and O–H groups in total. The van der Waals surface area contributed by atoms with E-state index in [1.54, 1.807) is 0 Å². The Hall–Kier alpha value is -1.04. The second-order valence-electron chi connectivity index (χ2n) is 15.3. The molecule has 1 radical (unpaired) electrons. The number of hydrogen-bond donors (Lipinski definition) is 0. The Morgan fingerprint density at radius 1 is 0.976 bits per heavy atom. The van der Waals surface area contributed by atoms with Gasteiger partial charge >= 0.3 is 6.09 Å². The maximum atomic E-state index is 13.8. The number of ether oxygens (including phenoxy) is 1. The van der Waals surface area contributed by atoms with Crippen molar-refractivity contribution in [2.24, 2.45) is 35.0 Å². The average Bonchev–Trinajstić information content (AvgIpc) is 3.28. The number of likely N-dealkylation sites (tertiary alicyclic amines) is 1. The van der Waals surface area contributed by atoms with Crippen LogP contribution in [0.25, 0.3) is 0 Å². The predicted molar refractivity (Wildman–Crippen MR) is 170 cm³/mol. The number of carbonyl (C=O) groups excluding carboxylic acids is 2. The molecule has 1 amide bonds. The smallest absolute Gasteiger partial charge is 0.410 e. The molecule has 41 heavy (non-hydrogen) atoms. The summed E-state index contributed by atoms with van der Waals surface area (Å²) in [4.78, 5) is 29.0. The SMILES string of the molecule is CCCCCCCCC[C@H]1CN(C(=O)OC(C)(C)C)C(C(=O)C(C)CC)C1CCC[B]OC1CC[C@@H]2CC1C2(C)C. The molecule has 0 aromatic rings. The van der Waals surface area contributed by atoms with E-state index in [1.807, 2.05) is 32.6 Å². The van der Waals surface area contributed by atoms with Gasteiger partial charge in [-0.3, -0.25) is 9.69 Å². The Morgan fingerprint density at radius 2 is 1.66 bits per heavy atom. The molecule has 1 saturated heterocycles. The first-order valence-corrected chi connectivity index (χ1v) is 17.4. The van der Waals surface area contributed by atoms with Crippen LogP contribution in [-0.4, -0.2) is 48.6 Å². The van der Waals surface area contributed by atoms with Crippen molar-refractivity contribution in [3.63, 3.8) is 0 Å². The van der Waals surface area contributed by atoms with E-state index in [9.17, 15) is 9.59 Å². The van der Waals surface area contributed by atoms with E-state index < -0.39 is 5.60 Å². The molecule has 5 unspecified atom stereocenters. The van der Waals surface area contributed by atoms with E-state index in [0.717, 1.165) is 37.9 Å². The van der Waals surface area contributed by atoms with Crippen molar-refractivity contribution in [2.45, 2.75) is 169 Å². The van der Waals surface area contributed by atoms with Crippen molar-refractivity contribution >= 4 is 19.4 Å². The lowest BCUT2D eigenvalue weighted by Gasteiger charge is -2.59. The number of Topliss-reactive ketones (excluding diaryl/α,β-unsaturated/α-hetero) is 1. The molecule has 0 aromatic carbocycles. The highest BCUT2D eigenvalue weighted by atomic mass is 16.6. The summed E-state index contributed by atoms with van der Waals surface area (Å²) in [5, 5.41) is 0. The van der Waals surface area contributed by atoms with E-state index in [-0.39, 0.29) is 29.8 Å². The highest BCUT2D eigenvalue weighted by Gasteiger charge is 2.54. The molecule has 1 heterocycles. The zero-order chi connectivity index (χ0) is 30.2. The van der Waals surface area contributed by atoms with Gasteiger partial charge in [-0.1, -0.05) is 92.3 Å². The number of nitrogens with zero attached hydrogens (tertiary/aromatic N) is 1. The van der Waals surface area contributed by atoms with Gasteiger partial charge in [0.25, 0.3) is 7.48 Å². The molecule has 7 atom stereocenters. The van der Waals surface area contributed by atoms with Gasteiger partial charge in [-0.05, 0) is 88.4 Å². The van der Waals surface area contributed by atoms with Crippen molar-refractivity contribution in [3.8, 4) is 0 Å². The number of hydrogen-bond acceptors (Lipinski definition) is 4. The van der Waals surface area contributed by atoms with E-state index in [4.69, 9.17) is 9.39 Å². The first-order chi connectivity index (χ1) is 19.4. The molecule has 2 bridgehead atoms. The molecule has 4 rings (SSSR count). The zero-order valence-corrected chi connectivity index (χ0v) is 28.0. The fourth-order valence-corrected chi connectivity index (χ4v) is 7.95. The van der Waals surface area contributed by atoms with E-state index in [2.05, 4.69) is 35.2 Å². The van der Waals surface area contributed by atoms with Crippen LogP contribution in [0.3, 0.4) is 0 Å². The normalized spacial score (nSPS) is 29.6. The van der Waals surface area contributed by atoms with Gasteiger partial charge in [0.1, 0.15) is 5.60 Å². The van der Waals surface area contributed by atoms with Crippen LogP contribution in [0, 0.1) is 35.0 Å². The summed E-state index contributed by atoms with van der Waals surface area (Å²) < 4.78 is 12.2. The topological polar surface area (TPSA) is 55.8 Å². The Bertz CT molecular complexity index is 821. The quantitative estimate of drug-likeness (QED) is 0.129. The fraction of sp³-hybridized carbons (Fsp3) is 0.943. The summed E-state index contributed by atoms with van der Waals surface area (Å²) in [5.41, 5.74) is -0.147. The molecule has 0 spiro atoms. The van der Waals surface area contributed by atoms with Crippen molar-refractivity contribution in [3.05, 3.63) is 0 Å². The van der Waals surface area contributed by atoms with Crippen LogP contribution in [0.1, 0.15) is 145 Å². The average molecular weight is 573 g/mol. The summed E-state index contributed by atoms with van der Waals surface area (Å²) in [5.74, 6) is 2.28. The minimum Gasteiger partial charge on any atom is -0.444 e. The molecule has 235 valence electrons. The maximum Gasteiger partial charge on any atom is 0.410 e. The lowest BCUT2D eigenvalue weighted by Crippen LogP contribution is -2.55. The molecule has 5 nitrogen and oxygen atoms in total. The van der Waals surface area contributed by atoms with Gasteiger partial charge in [-0.15, -0.1) is 0 Å². The third-order valence-electron chi connectivity index (χ3n) is 10.9. The third kappa shape index (κ3) is 9.23. The van der Waals surface area contributed by atoms with Gasteiger partial charge in [0, 0.05) is 18.6 Å². The zero-order valence-electron chi connectivity index (χ0n) is 28.0. The summed E-state index contributed by atoms with van der Waals surface area (Å²) in [6, 6.07) is -0.374. The second kappa shape index (κ2) is 15.6. The van der Waals surface area contributed by atoms with Gasteiger partial charge in [-0.25, -0.2) is 4.79 Å². The van der Waals surface area contributed by atoms with Crippen LogP contribution in [0.4, 0.5) is 4.79 Å². The number of ketones is 1. The highest BCUT2D eigenvalue weighted by molar-refractivity contribution is 6.27. The van der Waals surface area contributed by atoms with Crippen LogP contribution in [-0.2, 0) is 14.2 Å². The van der Waals surface area contributed by atoms with Crippen LogP contribution >= 0.6 is 0 Å². The van der Waals surface area contributed by atoms with Gasteiger partial charge in [0.05, 0.1) is 6.04 Å². The van der Waals surface area contributed by atoms with Crippen LogP contribution in [0.5, 0.6) is 0 Å². The molecule has 0 aromatic heterocycles. The van der Waals surface area contributed by atoms with E-state index >= 15 is 0 Å². The van der Waals surface area contributed by atoms with Crippen molar-refractivity contribution < 1.29 is 19.0 Å². The monoisotopic (exact) mass is 572 g/mol. The molecule has 6 heteroatoms. The molecular weight excluding hydrogens is 509 g/mol. The fourth-order valence-electron chi connectivity index (χ4n) is 7.95. The molecular formula is C35H63BNO4. The Morgan fingerprint density at radius 3 is 2.27 bits per heavy atom. The van der Waals surface area contributed by atoms with Gasteiger partial charge in [0.2, 0.25) is 0 Å². The third-order valence-corrected chi connectivity index (χ3v) is 10.9. The molecule has 1 aliphatic heterocycles. The van der Waals surface area contributed by atoms with Gasteiger partial charge in [-0.2, -0.15) is 0 Å². The first kappa shape index (κ1) is 34.5. The number of carbonyl (C=O) groups is 2. The number of unbranched alkanes of at least 4 members (excludes halogenated alkanes) is 6. The number of fused-ring (bicyclic) bond motifs is 2. The molecule has 4 aliphatic rings. The Balaban J connectivity index is 1.62. The lowest BCUT2D eigenvalue weighted by molar-refractivity contribution is -0.130. The van der Waals surface area contributed by atoms with Crippen LogP contribution < -0.4 is 0 Å². The van der Waals surface area contributed by atoms with Crippen molar-refractivity contribution in [1.82, 2.24) is 4.90 Å². The summed E-state index contributed by atoms with van der Waals surface area (Å²) in [6.07, 6.45) is 17.6. The van der Waals surface area contributed by atoms with E-state index in [0.29, 0.717) is 29.9 Å². The number of amides is 1. The molecule has 3 saturated carbocycles.